The van der Waals surface area contributed by atoms with Crippen LogP contribution in [-0.2, 0) is 0 Å². The highest BCUT2D eigenvalue weighted by Gasteiger charge is 2.10. The van der Waals surface area contributed by atoms with Crippen molar-refractivity contribution in [3.05, 3.63) is 29.8 Å². The minimum Gasteiger partial charge on any atom is -0.435 e. The Bertz CT molecular complexity index is 547. The molecule has 0 aliphatic rings. The molecule has 3 N–H and O–H groups in total. The topological polar surface area (TPSA) is 69.1 Å². The Kier molecular flexibility index (Phi) is 15.0. The number of alkyl halides is 2. The molecule has 1 aromatic carbocycles. The largest absolute Gasteiger partial charge is 0.435 e. The zero-order valence-corrected chi connectivity index (χ0v) is 19.2. The molecule has 0 spiro atoms. The first-order valence-electron chi connectivity index (χ1n) is 9.47. The van der Waals surface area contributed by atoms with Crippen molar-refractivity contribution in [2.75, 3.05) is 39.3 Å². The van der Waals surface area contributed by atoms with E-state index in [0.29, 0.717) is 18.1 Å². The molecule has 162 valence electrons. The van der Waals surface area contributed by atoms with Crippen LogP contribution >= 0.6 is 24.0 Å². The maximum Gasteiger partial charge on any atom is 0.387 e. The lowest BCUT2D eigenvalue weighted by molar-refractivity contribution is -0.0498. The molecule has 0 saturated heterocycles. The third-order valence-corrected chi connectivity index (χ3v) is 3.96. The van der Waals surface area contributed by atoms with E-state index in [1.54, 1.807) is 12.1 Å². The van der Waals surface area contributed by atoms with Crippen molar-refractivity contribution in [2.24, 2.45) is 4.99 Å². The number of hydrogen-bond donors (Lipinski definition) is 3. The van der Waals surface area contributed by atoms with Gasteiger partial charge in [-0.2, -0.15) is 8.78 Å². The van der Waals surface area contributed by atoms with Crippen LogP contribution in [0.2, 0.25) is 0 Å². The van der Waals surface area contributed by atoms with E-state index in [1.807, 2.05) is 6.92 Å². The first-order valence-corrected chi connectivity index (χ1v) is 9.47. The van der Waals surface area contributed by atoms with Gasteiger partial charge in [0.15, 0.2) is 5.96 Å². The van der Waals surface area contributed by atoms with E-state index in [1.165, 1.54) is 12.1 Å². The molecular weight excluding hydrogens is 481 g/mol. The smallest absolute Gasteiger partial charge is 0.387 e. The number of nitrogens with zero attached hydrogens (tertiary/aromatic N) is 2. The molecule has 1 unspecified atom stereocenters. The number of benzene rings is 1. The molecule has 6 nitrogen and oxygen atoms in total. The molecule has 1 aromatic rings. The van der Waals surface area contributed by atoms with Gasteiger partial charge < -0.3 is 25.4 Å². The summed E-state index contributed by atoms with van der Waals surface area (Å²) in [7, 11) is 0. The molecule has 0 amide bonds. The van der Waals surface area contributed by atoms with E-state index in [0.717, 1.165) is 32.6 Å². The van der Waals surface area contributed by atoms with Gasteiger partial charge in [-0.3, -0.25) is 4.99 Å². The highest BCUT2D eigenvalue weighted by atomic mass is 127. The number of hydrogen-bond acceptors (Lipinski definition) is 4. The summed E-state index contributed by atoms with van der Waals surface area (Å²) in [4.78, 5) is 6.76. The Morgan fingerprint density at radius 3 is 2.36 bits per heavy atom. The Balaban J connectivity index is 0.00000729. The van der Waals surface area contributed by atoms with Crippen molar-refractivity contribution in [1.29, 1.82) is 0 Å². The molecule has 0 fully saturated rings. The number of aliphatic imine (C=N–C) groups is 1. The van der Waals surface area contributed by atoms with Gasteiger partial charge in [0.2, 0.25) is 0 Å². The fourth-order valence-corrected chi connectivity index (χ4v) is 2.57. The average Bonchev–Trinajstić information content (AvgIpc) is 2.65. The van der Waals surface area contributed by atoms with E-state index in [9.17, 15) is 13.9 Å². The lowest BCUT2D eigenvalue weighted by Gasteiger charge is -2.20. The number of halogens is 3. The second-order valence-electron chi connectivity index (χ2n) is 6.04. The molecule has 0 radical (unpaired) electrons. The molecule has 28 heavy (non-hydrogen) atoms. The second kappa shape index (κ2) is 15.7. The highest BCUT2D eigenvalue weighted by molar-refractivity contribution is 14.0. The zero-order chi connectivity index (χ0) is 20.1. The lowest BCUT2D eigenvalue weighted by Crippen LogP contribution is -2.42. The standard InChI is InChI=1S/C19H32F2N4O2.HI/c1-4-12-25(6-3)13-11-23-19(22-5-2)24-14-17(26)15-7-9-16(10-8-15)27-18(20)21;/h7-10,17-18,26H,4-6,11-14H2,1-3H3,(H2,22,23,24);1H. The van der Waals surface area contributed by atoms with E-state index in [-0.39, 0.29) is 36.3 Å². The van der Waals surface area contributed by atoms with Crippen LogP contribution in [0.1, 0.15) is 38.9 Å². The number of aliphatic hydroxyl groups excluding tert-OH is 1. The van der Waals surface area contributed by atoms with Crippen LogP contribution in [0.5, 0.6) is 5.75 Å². The van der Waals surface area contributed by atoms with Crippen molar-refractivity contribution >= 4 is 29.9 Å². The third kappa shape index (κ3) is 11.0. The van der Waals surface area contributed by atoms with Crippen LogP contribution in [0.15, 0.2) is 29.3 Å². The van der Waals surface area contributed by atoms with E-state index >= 15 is 0 Å². The fraction of sp³-hybridized carbons (Fsp3) is 0.632. The Labute approximate surface area is 183 Å². The first-order chi connectivity index (χ1) is 13.0. The minimum atomic E-state index is -2.86. The van der Waals surface area contributed by atoms with Gasteiger partial charge in [0.25, 0.3) is 0 Å². The summed E-state index contributed by atoms with van der Waals surface area (Å²) < 4.78 is 28.6. The quantitative estimate of drug-likeness (QED) is 0.227. The van der Waals surface area contributed by atoms with E-state index in [4.69, 9.17) is 0 Å². The van der Waals surface area contributed by atoms with Crippen LogP contribution in [0.3, 0.4) is 0 Å². The van der Waals surface area contributed by atoms with Crippen LogP contribution in [-0.4, -0.2) is 61.8 Å². The van der Waals surface area contributed by atoms with Crippen LogP contribution in [0.4, 0.5) is 8.78 Å². The highest BCUT2D eigenvalue weighted by Crippen LogP contribution is 2.19. The second-order valence-corrected chi connectivity index (χ2v) is 6.04. The van der Waals surface area contributed by atoms with Crippen LogP contribution in [0, 0.1) is 0 Å². The first kappa shape index (κ1) is 26.8. The maximum atomic E-state index is 12.2. The maximum absolute atomic E-state index is 12.2. The number of aliphatic hydroxyl groups is 1. The molecule has 0 saturated carbocycles. The number of ether oxygens (including phenoxy) is 1. The van der Waals surface area contributed by atoms with Crippen LogP contribution < -0.4 is 15.4 Å². The Morgan fingerprint density at radius 1 is 1.14 bits per heavy atom. The normalized spacial score (nSPS) is 12.6. The number of likely N-dealkylation sites (N-methyl/N-ethyl adjacent to an activating group) is 1. The summed E-state index contributed by atoms with van der Waals surface area (Å²) in [6, 6.07) is 5.93. The summed E-state index contributed by atoms with van der Waals surface area (Å²) in [5.41, 5.74) is 0.594. The van der Waals surface area contributed by atoms with Crippen molar-refractivity contribution in [3.8, 4) is 5.75 Å². The minimum absolute atomic E-state index is 0. The Morgan fingerprint density at radius 2 is 1.82 bits per heavy atom. The van der Waals surface area contributed by atoms with Crippen molar-refractivity contribution in [2.45, 2.75) is 39.9 Å². The average molecular weight is 514 g/mol. The van der Waals surface area contributed by atoms with Gasteiger partial charge in [0, 0.05) is 19.6 Å². The van der Waals surface area contributed by atoms with Gasteiger partial charge in [-0.05, 0) is 44.1 Å². The van der Waals surface area contributed by atoms with Crippen molar-refractivity contribution in [3.63, 3.8) is 0 Å². The number of rotatable bonds is 12. The predicted molar refractivity (Wildman–Crippen MR) is 120 cm³/mol. The van der Waals surface area contributed by atoms with Crippen molar-refractivity contribution in [1.82, 2.24) is 15.5 Å². The zero-order valence-electron chi connectivity index (χ0n) is 16.8. The summed E-state index contributed by atoms with van der Waals surface area (Å²) in [6.45, 7) is 8.05. The summed E-state index contributed by atoms with van der Waals surface area (Å²) in [5, 5.41) is 16.7. The fourth-order valence-electron chi connectivity index (χ4n) is 2.57. The van der Waals surface area contributed by atoms with Gasteiger partial charge in [-0.15, -0.1) is 24.0 Å². The van der Waals surface area contributed by atoms with Gasteiger partial charge >= 0.3 is 6.61 Å². The Hall–Kier alpha value is -1.20. The SMILES string of the molecule is CCCN(CC)CCNC(=NCC(O)c1ccc(OC(F)F)cc1)NCC.I. The van der Waals surface area contributed by atoms with Gasteiger partial charge in [-0.25, -0.2) is 0 Å². The summed E-state index contributed by atoms with van der Waals surface area (Å²) in [5.74, 6) is 0.703. The number of guanidine groups is 1. The third-order valence-electron chi connectivity index (χ3n) is 3.96. The summed E-state index contributed by atoms with van der Waals surface area (Å²) >= 11 is 0. The number of nitrogens with one attached hydrogen (secondary N) is 2. The molecule has 0 heterocycles. The van der Waals surface area contributed by atoms with E-state index in [2.05, 4.69) is 39.1 Å². The molecule has 1 atom stereocenters. The van der Waals surface area contributed by atoms with Gasteiger partial charge in [0.1, 0.15) is 5.75 Å². The molecule has 0 aliphatic carbocycles. The van der Waals surface area contributed by atoms with Crippen molar-refractivity contribution < 1.29 is 18.6 Å². The van der Waals surface area contributed by atoms with Gasteiger partial charge in [-0.1, -0.05) is 26.0 Å². The molecule has 9 heteroatoms. The molecule has 0 bridgehead atoms. The molecular formula is C19H33F2IN4O2. The molecule has 0 aromatic heterocycles. The summed E-state index contributed by atoms with van der Waals surface area (Å²) in [6.07, 6.45) is 0.295. The predicted octanol–water partition coefficient (Wildman–Crippen LogP) is 3.23. The van der Waals surface area contributed by atoms with Gasteiger partial charge in [0.05, 0.1) is 12.6 Å². The monoisotopic (exact) mass is 514 g/mol. The molecule has 1 rings (SSSR count). The van der Waals surface area contributed by atoms with E-state index < -0.39 is 12.7 Å². The van der Waals surface area contributed by atoms with Crippen LogP contribution in [0.25, 0.3) is 0 Å². The molecule has 0 aliphatic heterocycles. The lowest BCUT2D eigenvalue weighted by atomic mass is 10.1.